The third-order valence-corrected chi connectivity index (χ3v) is 3.29. The van der Waals surface area contributed by atoms with Crippen LogP contribution in [0.25, 0.3) is 0 Å². The molecule has 0 radical (unpaired) electrons. The molecule has 0 aliphatic carbocycles. The number of carbonyl (C=O) groups excluding carboxylic acids is 1. The Bertz CT molecular complexity index is 584. The Kier molecular flexibility index (Phi) is 5.35. The highest BCUT2D eigenvalue weighted by Crippen LogP contribution is 2.13. The second-order valence-electron chi connectivity index (χ2n) is 4.78. The van der Waals surface area contributed by atoms with E-state index in [4.69, 9.17) is 10.5 Å². The molecule has 2 aromatic rings. The van der Waals surface area contributed by atoms with Crippen molar-refractivity contribution >= 4 is 5.91 Å². The minimum absolute atomic E-state index is 0.163. The Morgan fingerprint density at radius 3 is 2.67 bits per heavy atom. The highest BCUT2D eigenvalue weighted by atomic mass is 16.5. The standard InChI is InChI=1S/C17H20N2O2/c1-21-15-9-5-6-13(12-15)10-11-19-17(20)16(18)14-7-3-2-4-8-14/h2-9,12,16H,10-11,18H2,1H3,(H,19,20). The molecule has 0 heterocycles. The van der Waals surface area contributed by atoms with Crippen molar-refractivity contribution in [2.45, 2.75) is 12.5 Å². The van der Waals surface area contributed by atoms with Crippen molar-refractivity contribution in [3.63, 3.8) is 0 Å². The Hall–Kier alpha value is -2.33. The smallest absolute Gasteiger partial charge is 0.241 e. The van der Waals surface area contributed by atoms with Gasteiger partial charge in [-0.3, -0.25) is 4.79 Å². The molecule has 0 aliphatic heterocycles. The summed E-state index contributed by atoms with van der Waals surface area (Å²) in [4.78, 5) is 12.0. The number of methoxy groups -OCH3 is 1. The van der Waals surface area contributed by atoms with Gasteiger partial charge in [-0.25, -0.2) is 0 Å². The second kappa shape index (κ2) is 7.45. The van der Waals surface area contributed by atoms with E-state index in [-0.39, 0.29) is 5.91 Å². The third-order valence-electron chi connectivity index (χ3n) is 3.29. The highest BCUT2D eigenvalue weighted by Gasteiger charge is 2.14. The van der Waals surface area contributed by atoms with Gasteiger partial charge >= 0.3 is 0 Å². The predicted octanol–water partition coefficient (Wildman–Crippen LogP) is 2.05. The van der Waals surface area contributed by atoms with Crippen LogP contribution in [-0.2, 0) is 11.2 Å². The molecule has 2 aromatic carbocycles. The summed E-state index contributed by atoms with van der Waals surface area (Å²) in [6.45, 7) is 0.548. The summed E-state index contributed by atoms with van der Waals surface area (Å²) >= 11 is 0. The number of benzene rings is 2. The minimum atomic E-state index is -0.628. The second-order valence-corrected chi connectivity index (χ2v) is 4.78. The van der Waals surface area contributed by atoms with Crippen LogP contribution >= 0.6 is 0 Å². The highest BCUT2D eigenvalue weighted by molar-refractivity contribution is 5.82. The molecule has 0 bridgehead atoms. The molecule has 0 fully saturated rings. The van der Waals surface area contributed by atoms with E-state index in [0.29, 0.717) is 6.54 Å². The van der Waals surface area contributed by atoms with E-state index >= 15 is 0 Å². The Labute approximate surface area is 124 Å². The lowest BCUT2D eigenvalue weighted by atomic mass is 10.1. The molecule has 1 amide bonds. The first-order valence-corrected chi connectivity index (χ1v) is 6.92. The Morgan fingerprint density at radius 1 is 1.19 bits per heavy atom. The van der Waals surface area contributed by atoms with Crippen LogP contribution in [-0.4, -0.2) is 19.6 Å². The van der Waals surface area contributed by atoms with Gasteiger partial charge in [0.05, 0.1) is 7.11 Å². The van der Waals surface area contributed by atoms with Crippen LogP contribution in [0.15, 0.2) is 54.6 Å². The third kappa shape index (κ3) is 4.33. The maximum absolute atomic E-state index is 12.0. The zero-order valence-corrected chi connectivity index (χ0v) is 12.1. The number of carbonyl (C=O) groups is 1. The van der Waals surface area contributed by atoms with Crippen LogP contribution in [0.4, 0.5) is 0 Å². The van der Waals surface area contributed by atoms with E-state index in [2.05, 4.69) is 5.32 Å². The van der Waals surface area contributed by atoms with Crippen LogP contribution < -0.4 is 15.8 Å². The number of ether oxygens (including phenoxy) is 1. The predicted molar refractivity (Wildman–Crippen MR) is 83.1 cm³/mol. The fraction of sp³-hybridized carbons (Fsp3) is 0.235. The first-order valence-electron chi connectivity index (χ1n) is 6.92. The molecule has 1 atom stereocenters. The summed E-state index contributed by atoms with van der Waals surface area (Å²) in [7, 11) is 1.64. The lowest BCUT2D eigenvalue weighted by molar-refractivity contribution is -0.122. The van der Waals surface area contributed by atoms with Crippen molar-refractivity contribution in [3.05, 3.63) is 65.7 Å². The van der Waals surface area contributed by atoms with E-state index in [9.17, 15) is 4.79 Å². The first kappa shape index (κ1) is 15.1. The summed E-state index contributed by atoms with van der Waals surface area (Å²) < 4.78 is 5.17. The van der Waals surface area contributed by atoms with Crippen LogP contribution in [0.2, 0.25) is 0 Å². The van der Waals surface area contributed by atoms with Crippen molar-refractivity contribution in [1.82, 2.24) is 5.32 Å². The maximum Gasteiger partial charge on any atom is 0.241 e. The molecule has 110 valence electrons. The number of rotatable bonds is 6. The first-order chi connectivity index (χ1) is 10.2. The topological polar surface area (TPSA) is 64.3 Å². The number of hydrogen-bond donors (Lipinski definition) is 2. The summed E-state index contributed by atoms with van der Waals surface area (Å²) in [6, 6.07) is 16.5. The average Bonchev–Trinajstić information content (AvgIpc) is 2.55. The van der Waals surface area contributed by atoms with Gasteiger partial charge in [-0.2, -0.15) is 0 Å². The monoisotopic (exact) mass is 284 g/mol. The number of nitrogens with one attached hydrogen (secondary N) is 1. The molecule has 0 saturated carbocycles. The quantitative estimate of drug-likeness (QED) is 0.853. The molecule has 0 spiro atoms. The minimum Gasteiger partial charge on any atom is -0.497 e. The fourth-order valence-corrected chi connectivity index (χ4v) is 2.08. The largest absolute Gasteiger partial charge is 0.497 e. The summed E-state index contributed by atoms with van der Waals surface area (Å²) in [6.07, 6.45) is 0.741. The van der Waals surface area contributed by atoms with Crippen LogP contribution in [0, 0.1) is 0 Å². The molecule has 3 N–H and O–H groups in total. The lowest BCUT2D eigenvalue weighted by Gasteiger charge is -2.12. The molecule has 0 aliphatic rings. The zero-order chi connectivity index (χ0) is 15.1. The lowest BCUT2D eigenvalue weighted by Crippen LogP contribution is -2.35. The Balaban J connectivity index is 1.84. The molecular weight excluding hydrogens is 264 g/mol. The van der Waals surface area contributed by atoms with Gasteiger partial charge in [-0.15, -0.1) is 0 Å². The van der Waals surface area contributed by atoms with Crippen molar-refractivity contribution in [3.8, 4) is 5.75 Å². The van der Waals surface area contributed by atoms with Crippen molar-refractivity contribution in [2.75, 3.05) is 13.7 Å². The normalized spacial score (nSPS) is 11.7. The zero-order valence-electron chi connectivity index (χ0n) is 12.1. The van der Waals surface area contributed by atoms with E-state index in [1.807, 2.05) is 54.6 Å². The molecule has 21 heavy (non-hydrogen) atoms. The van der Waals surface area contributed by atoms with Gasteiger partial charge in [0.25, 0.3) is 0 Å². The molecule has 0 saturated heterocycles. The van der Waals surface area contributed by atoms with Gasteiger partial charge in [0, 0.05) is 6.54 Å². The summed E-state index contributed by atoms with van der Waals surface area (Å²) in [5, 5.41) is 2.86. The maximum atomic E-state index is 12.0. The number of amides is 1. The molecule has 4 heteroatoms. The Morgan fingerprint density at radius 2 is 1.95 bits per heavy atom. The average molecular weight is 284 g/mol. The van der Waals surface area contributed by atoms with Crippen molar-refractivity contribution in [2.24, 2.45) is 5.73 Å². The SMILES string of the molecule is COc1cccc(CCNC(=O)C(N)c2ccccc2)c1. The van der Waals surface area contributed by atoms with Gasteiger partial charge in [0.2, 0.25) is 5.91 Å². The van der Waals surface area contributed by atoms with Gasteiger partial charge in [0.1, 0.15) is 11.8 Å². The van der Waals surface area contributed by atoms with Gasteiger partial charge in [-0.1, -0.05) is 42.5 Å². The number of hydrogen-bond acceptors (Lipinski definition) is 3. The molecule has 4 nitrogen and oxygen atoms in total. The fourth-order valence-electron chi connectivity index (χ4n) is 2.08. The van der Waals surface area contributed by atoms with Crippen LogP contribution in [0.1, 0.15) is 17.2 Å². The molecule has 2 rings (SSSR count). The van der Waals surface area contributed by atoms with E-state index in [1.165, 1.54) is 0 Å². The van der Waals surface area contributed by atoms with Gasteiger partial charge in [-0.05, 0) is 29.7 Å². The van der Waals surface area contributed by atoms with Crippen LogP contribution in [0.3, 0.4) is 0 Å². The van der Waals surface area contributed by atoms with Gasteiger partial charge < -0.3 is 15.8 Å². The summed E-state index contributed by atoms with van der Waals surface area (Å²) in [5.74, 6) is 0.656. The van der Waals surface area contributed by atoms with Crippen LogP contribution in [0.5, 0.6) is 5.75 Å². The van der Waals surface area contributed by atoms with Crippen molar-refractivity contribution in [1.29, 1.82) is 0 Å². The summed E-state index contributed by atoms with van der Waals surface area (Å²) in [5.41, 5.74) is 7.86. The van der Waals surface area contributed by atoms with Gasteiger partial charge in [0.15, 0.2) is 0 Å². The molecular formula is C17H20N2O2. The van der Waals surface area contributed by atoms with Crippen molar-refractivity contribution < 1.29 is 9.53 Å². The molecule has 0 aromatic heterocycles. The molecule has 1 unspecified atom stereocenters. The number of nitrogens with two attached hydrogens (primary N) is 1. The van der Waals surface area contributed by atoms with E-state index in [0.717, 1.165) is 23.3 Å². The van der Waals surface area contributed by atoms with E-state index in [1.54, 1.807) is 7.11 Å². The van der Waals surface area contributed by atoms with E-state index < -0.39 is 6.04 Å².